The molecular formula is C26H30N4O2. The largest absolute Gasteiger partial charge is 0.497 e. The van der Waals surface area contributed by atoms with Gasteiger partial charge in [0.2, 0.25) is 0 Å². The second kappa shape index (κ2) is 8.71. The molecule has 3 aromatic rings. The quantitative estimate of drug-likeness (QED) is 0.608. The lowest BCUT2D eigenvalue weighted by Gasteiger charge is -2.46. The van der Waals surface area contributed by atoms with Gasteiger partial charge in [0, 0.05) is 55.0 Å². The van der Waals surface area contributed by atoms with E-state index in [0.29, 0.717) is 0 Å². The number of para-hydroxylation sites is 1. The number of likely N-dealkylation sites (tertiary alicyclic amines) is 1. The van der Waals surface area contributed by atoms with E-state index in [1.807, 2.05) is 24.3 Å². The van der Waals surface area contributed by atoms with E-state index < -0.39 is 0 Å². The summed E-state index contributed by atoms with van der Waals surface area (Å²) in [5.74, 6) is 1.84. The van der Waals surface area contributed by atoms with Crippen molar-refractivity contribution in [1.29, 1.82) is 0 Å². The predicted molar refractivity (Wildman–Crippen MR) is 126 cm³/mol. The van der Waals surface area contributed by atoms with Gasteiger partial charge in [0.1, 0.15) is 11.5 Å². The number of aromatic amines is 1. The lowest BCUT2D eigenvalue weighted by Crippen LogP contribution is -2.58. The highest BCUT2D eigenvalue weighted by atomic mass is 16.5. The van der Waals surface area contributed by atoms with Gasteiger partial charge in [-0.15, -0.1) is 0 Å². The number of ether oxygens (including phenoxy) is 2. The maximum Gasteiger partial charge on any atom is 0.183 e. The molecule has 2 N–H and O–H groups in total. The topological polar surface area (TPSA) is 62.4 Å². The van der Waals surface area contributed by atoms with Gasteiger partial charge in [-0.2, -0.15) is 5.10 Å². The number of aromatic nitrogens is 2. The van der Waals surface area contributed by atoms with Crippen LogP contribution in [0.25, 0.3) is 17.0 Å². The van der Waals surface area contributed by atoms with Crippen molar-refractivity contribution in [3.8, 4) is 22.8 Å². The minimum atomic E-state index is -0.325. The number of fused-ring (bicyclic) bond motifs is 1. The third kappa shape index (κ3) is 4.10. The van der Waals surface area contributed by atoms with Crippen LogP contribution in [0.3, 0.4) is 0 Å². The van der Waals surface area contributed by atoms with Crippen molar-refractivity contribution >= 4 is 5.70 Å². The smallest absolute Gasteiger partial charge is 0.183 e. The van der Waals surface area contributed by atoms with Crippen molar-refractivity contribution in [2.24, 2.45) is 0 Å². The number of rotatable bonds is 5. The Labute approximate surface area is 189 Å². The maximum absolute atomic E-state index is 6.51. The highest BCUT2D eigenvalue weighted by molar-refractivity contribution is 5.71. The molecule has 0 saturated carbocycles. The molecule has 6 heteroatoms. The lowest BCUT2D eigenvalue weighted by atomic mass is 9.95. The van der Waals surface area contributed by atoms with Crippen LogP contribution in [-0.2, 0) is 6.54 Å². The molecule has 2 aliphatic heterocycles. The van der Waals surface area contributed by atoms with E-state index >= 15 is 0 Å². The second-order valence-corrected chi connectivity index (χ2v) is 8.53. The van der Waals surface area contributed by atoms with Gasteiger partial charge >= 0.3 is 0 Å². The fourth-order valence-electron chi connectivity index (χ4n) is 4.58. The third-order valence-corrected chi connectivity index (χ3v) is 6.33. The van der Waals surface area contributed by atoms with E-state index in [0.717, 1.165) is 72.9 Å². The fourth-order valence-corrected chi connectivity index (χ4v) is 4.58. The summed E-state index contributed by atoms with van der Waals surface area (Å²) in [6.07, 6.45) is 5.12. The van der Waals surface area contributed by atoms with Gasteiger partial charge in [-0.05, 0) is 48.9 Å². The van der Waals surface area contributed by atoms with Crippen molar-refractivity contribution in [1.82, 2.24) is 20.4 Å². The van der Waals surface area contributed by atoms with Crippen molar-refractivity contribution in [2.75, 3.05) is 20.2 Å². The van der Waals surface area contributed by atoms with Crippen molar-refractivity contribution in [3.63, 3.8) is 0 Å². The van der Waals surface area contributed by atoms with Gasteiger partial charge in [-0.3, -0.25) is 10.00 Å². The minimum absolute atomic E-state index is 0.325. The molecule has 166 valence electrons. The summed E-state index contributed by atoms with van der Waals surface area (Å²) in [5.41, 5.74) is 5.19. The number of nitrogens with zero attached hydrogens (tertiary/aromatic N) is 2. The number of hydrogen-bond acceptors (Lipinski definition) is 5. The Morgan fingerprint density at radius 3 is 2.66 bits per heavy atom. The van der Waals surface area contributed by atoms with Crippen molar-refractivity contribution in [2.45, 2.75) is 38.5 Å². The average molecular weight is 431 g/mol. The standard InChI is InChI=1S/C26H30N4O2/c1-3-6-23-22-7-4-5-8-25(22)32-26(27-23)13-15-30(16-14-26)18-20-17-24(29-28-20)19-9-11-21(31-2)12-10-19/h4-12,17,27H,3,13-16,18H2,1-2H3,(H,28,29)/b23-6+. The number of benzene rings is 2. The van der Waals surface area contributed by atoms with E-state index in [4.69, 9.17) is 9.47 Å². The number of methoxy groups -OCH3 is 1. The summed E-state index contributed by atoms with van der Waals surface area (Å²) in [5, 5.41) is 11.4. The van der Waals surface area contributed by atoms with E-state index in [-0.39, 0.29) is 5.72 Å². The molecule has 6 nitrogen and oxygen atoms in total. The molecule has 2 aromatic carbocycles. The summed E-state index contributed by atoms with van der Waals surface area (Å²) in [6.45, 7) is 4.96. The first-order valence-corrected chi connectivity index (χ1v) is 11.4. The monoisotopic (exact) mass is 430 g/mol. The van der Waals surface area contributed by atoms with E-state index in [9.17, 15) is 0 Å². The van der Waals surface area contributed by atoms with Crippen LogP contribution in [0.5, 0.6) is 11.5 Å². The van der Waals surface area contributed by atoms with Gasteiger partial charge in [0.25, 0.3) is 0 Å². The number of hydrogen-bond donors (Lipinski definition) is 2. The highest BCUT2D eigenvalue weighted by Crippen LogP contribution is 2.38. The summed E-state index contributed by atoms with van der Waals surface area (Å²) >= 11 is 0. The summed E-state index contributed by atoms with van der Waals surface area (Å²) in [6, 6.07) is 18.5. The normalized spacial score (nSPS) is 18.8. The fraction of sp³-hybridized carbons (Fsp3) is 0.346. The average Bonchev–Trinajstić information content (AvgIpc) is 3.29. The molecular weight excluding hydrogens is 400 g/mol. The van der Waals surface area contributed by atoms with Crippen LogP contribution >= 0.6 is 0 Å². The number of nitrogens with one attached hydrogen (secondary N) is 2. The van der Waals surface area contributed by atoms with Crippen molar-refractivity contribution in [3.05, 3.63) is 71.9 Å². The number of H-pyrrole nitrogens is 1. The van der Waals surface area contributed by atoms with E-state index in [2.05, 4.69) is 63.7 Å². The van der Waals surface area contributed by atoms with Gasteiger partial charge in [-0.25, -0.2) is 0 Å². The zero-order valence-electron chi connectivity index (χ0n) is 18.7. The Morgan fingerprint density at radius 1 is 1.12 bits per heavy atom. The Kier molecular flexibility index (Phi) is 5.62. The molecule has 0 radical (unpaired) electrons. The van der Waals surface area contributed by atoms with Crippen LogP contribution in [0.2, 0.25) is 0 Å². The molecule has 3 heterocycles. The SMILES string of the molecule is CC/C=C1/NC2(CCN(Cc3cc(-c4ccc(OC)cc4)n[nH]3)CC2)Oc2ccccc21. The molecule has 1 saturated heterocycles. The van der Waals surface area contributed by atoms with Gasteiger partial charge in [0.05, 0.1) is 12.8 Å². The molecule has 0 bridgehead atoms. The summed E-state index contributed by atoms with van der Waals surface area (Å²) in [4.78, 5) is 2.46. The predicted octanol–water partition coefficient (Wildman–Crippen LogP) is 4.81. The molecule has 0 atom stereocenters. The zero-order chi connectivity index (χ0) is 22.0. The molecule has 5 rings (SSSR count). The minimum Gasteiger partial charge on any atom is -0.497 e. The summed E-state index contributed by atoms with van der Waals surface area (Å²) in [7, 11) is 1.68. The maximum atomic E-state index is 6.51. The Balaban J connectivity index is 1.24. The van der Waals surface area contributed by atoms with Gasteiger partial charge in [0.15, 0.2) is 5.72 Å². The first kappa shape index (κ1) is 20.6. The summed E-state index contributed by atoms with van der Waals surface area (Å²) < 4.78 is 11.8. The Hall–Kier alpha value is -3.25. The van der Waals surface area contributed by atoms with Gasteiger partial charge < -0.3 is 14.8 Å². The molecule has 1 spiro atoms. The van der Waals surface area contributed by atoms with Crippen LogP contribution in [0.4, 0.5) is 0 Å². The van der Waals surface area contributed by atoms with E-state index in [1.165, 1.54) is 5.70 Å². The van der Waals surface area contributed by atoms with Crippen LogP contribution in [0.1, 0.15) is 37.4 Å². The molecule has 1 aromatic heterocycles. The van der Waals surface area contributed by atoms with Crippen LogP contribution in [0.15, 0.2) is 60.7 Å². The first-order valence-electron chi connectivity index (χ1n) is 11.4. The first-order chi connectivity index (χ1) is 15.7. The Morgan fingerprint density at radius 2 is 1.91 bits per heavy atom. The van der Waals surface area contributed by atoms with Crippen molar-refractivity contribution < 1.29 is 9.47 Å². The lowest BCUT2D eigenvalue weighted by molar-refractivity contribution is -0.0209. The van der Waals surface area contributed by atoms with Crippen LogP contribution in [-0.4, -0.2) is 41.0 Å². The molecule has 32 heavy (non-hydrogen) atoms. The molecule has 0 amide bonds. The highest BCUT2D eigenvalue weighted by Gasteiger charge is 2.40. The second-order valence-electron chi connectivity index (χ2n) is 8.53. The van der Waals surface area contributed by atoms with Crippen LogP contribution in [0, 0.1) is 0 Å². The molecule has 0 unspecified atom stereocenters. The number of piperidine rings is 1. The Bertz CT molecular complexity index is 1100. The number of allylic oxidation sites excluding steroid dienone is 1. The van der Waals surface area contributed by atoms with Gasteiger partial charge in [-0.1, -0.05) is 25.1 Å². The third-order valence-electron chi connectivity index (χ3n) is 6.33. The zero-order valence-corrected chi connectivity index (χ0v) is 18.7. The molecule has 1 fully saturated rings. The van der Waals surface area contributed by atoms with Crippen LogP contribution < -0.4 is 14.8 Å². The molecule has 0 aliphatic carbocycles. The van der Waals surface area contributed by atoms with E-state index in [1.54, 1.807) is 7.11 Å². The molecule has 2 aliphatic rings.